The quantitative estimate of drug-likeness (QED) is 0.445. The van der Waals surface area contributed by atoms with E-state index >= 15 is 0 Å². The van der Waals surface area contributed by atoms with Gasteiger partial charge in [-0.25, -0.2) is 0 Å². The Hall–Kier alpha value is -1.19. The number of nitrogens with zero attached hydrogens (tertiary/aromatic N) is 2. The molecule has 0 spiro atoms. The molecular weight excluding hydrogens is 276 g/mol. The second kappa shape index (κ2) is 7.29. The summed E-state index contributed by atoms with van der Waals surface area (Å²) in [6.07, 6.45) is 0. The number of aromatic nitrogens is 2. The molecule has 1 aromatic rings. The van der Waals surface area contributed by atoms with Gasteiger partial charge in [0.1, 0.15) is 0 Å². The van der Waals surface area contributed by atoms with E-state index < -0.39 is 6.04 Å². The number of ether oxygens (including phenoxy) is 1. The maximum absolute atomic E-state index is 11.3. The van der Waals surface area contributed by atoms with Crippen molar-refractivity contribution < 1.29 is 14.3 Å². The van der Waals surface area contributed by atoms with Gasteiger partial charge in [-0.1, -0.05) is 23.1 Å². The number of nitrogens with one attached hydrogen (secondary N) is 1. The van der Waals surface area contributed by atoms with E-state index in [2.05, 4.69) is 15.5 Å². The van der Waals surface area contributed by atoms with Crippen molar-refractivity contribution in [2.75, 3.05) is 17.7 Å². The van der Waals surface area contributed by atoms with Crippen LogP contribution < -0.4 is 11.1 Å². The van der Waals surface area contributed by atoms with E-state index in [1.807, 2.05) is 0 Å². The van der Waals surface area contributed by atoms with Crippen LogP contribution in [-0.2, 0) is 14.3 Å². The zero-order valence-electron chi connectivity index (χ0n) is 10.0. The van der Waals surface area contributed by atoms with Crippen molar-refractivity contribution in [1.29, 1.82) is 0 Å². The molecular formula is C9H14N4O3S2. The molecule has 0 aromatic carbocycles. The first-order chi connectivity index (χ1) is 8.52. The fourth-order valence-electron chi connectivity index (χ4n) is 0.861. The summed E-state index contributed by atoms with van der Waals surface area (Å²) in [6, 6.07) is -0.607. The number of anilines is 1. The van der Waals surface area contributed by atoms with Gasteiger partial charge in [-0.05, 0) is 13.8 Å². The number of hydrogen-bond acceptors (Lipinski definition) is 8. The maximum Gasteiger partial charge on any atom is 0.316 e. The lowest BCUT2D eigenvalue weighted by Gasteiger charge is -2.02. The summed E-state index contributed by atoms with van der Waals surface area (Å²) >= 11 is 2.40. The molecule has 0 saturated heterocycles. The molecule has 7 nitrogen and oxygen atoms in total. The molecule has 1 atom stereocenters. The molecule has 1 aromatic heterocycles. The predicted molar refractivity (Wildman–Crippen MR) is 69.5 cm³/mol. The summed E-state index contributed by atoms with van der Waals surface area (Å²) in [5, 5.41) is 10.5. The number of esters is 1. The molecule has 1 amide bonds. The van der Waals surface area contributed by atoms with Gasteiger partial charge in [0, 0.05) is 0 Å². The van der Waals surface area contributed by atoms with Crippen LogP contribution in [0.2, 0.25) is 0 Å². The highest BCUT2D eigenvalue weighted by atomic mass is 32.2. The van der Waals surface area contributed by atoms with E-state index in [-0.39, 0.29) is 17.6 Å². The first-order valence-corrected chi connectivity index (χ1v) is 7.01. The molecule has 18 heavy (non-hydrogen) atoms. The summed E-state index contributed by atoms with van der Waals surface area (Å²) in [4.78, 5) is 22.4. The van der Waals surface area contributed by atoms with E-state index in [4.69, 9.17) is 10.5 Å². The average molecular weight is 290 g/mol. The van der Waals surface area contributed by atoms with Gasteiger partial charge in [0.25, 0.3) is 0 Å². The molecule has 3 N–H and O–H groups in total. The Morgan fingerprint density at radius 2 is 2.28 bits per heavy atom. The van der Waals surface area contributed by atoms with Crippen LogP contribution >= 0.6 is 23.1 Å². The third kappa shape index (κ3) is 4.98. The molecule has 0 fully saturated rings. The molecule has 1 rings (SSSR count). The Balaban J connectivity index is 2.43. The van der Waals surface area contributed by atoms with Gasteiger partial charge in [0.15, 0.2) is 4.34 Å². The monoisotopic (exact) mass is 290 g/mol. The van der Waals surface area contributed by atoms with Gasteiger partial charge in [-0.2, -0.15) is 0 Å². The van der Waals surface area contributed by atoms with Crippen LogP contribution in [0.25, 0.3) is 0 Å². The van der Waals surface area contributed by atoms with Gasteiger partial charge in [0.2, 0.25) is 11.0 Å². The minimum absolute atomic E-state index is 0.170. The Morgan fingerprint density at radius 3 is 2.89 bits per heavy atom. The van der Waals surface area contributed by atoms with Gasteiger partial charge in [0.05, 0.1) is 18.4 Å². The number of carbonyl (C=O) groups is 2. The van der Waals surface area contributed by atoms with Crippen LogP contribution in [0.5, 0.6) is 0 Å². The zero-order valence-corrected chi connectivity index (χ0v) is 11.6. The molecule has 0 unspecified atom stereocenters. The van der Waals surface area contributed by atoms with Gasteiger partial charge in [-0.3, -0.25) is 14.9 Å². The average Bonchev–Trinajstić information content (AvgIpc) is 2.74. The summed E-state index contributed by atoms with van der Waals surface area (Å²) in [7, 11) is 0. The predicted octanol–water partition coefficient (Wildman–Crippen LogP) is 0.479. The van der Waals surface area contributed by atoms with Gasteiger partial charge >= 0.3 is 5.97 Å². The third-order valence-corrected chi connectivity index (χ3v) is 3.61. The molecule has 1 heterocycles. The second-order valence-corrected chi connectivity index (χ2v) is 5.44. The van der Waals surface area contributed by atoms with Crippen molar-refractivity contribution in [3.05, 3.63) is 0 Å². The van der Waals surface area contributed by atoms with Crippen molar-refractivity contribution in [2.45, 2.75) is 24.2 Å². The lowest BCUT2D eigenvalue weighted by atomic mass is 10.3. The summed E-state index contributed by atoms with van der Waals surface area (Å²) in [5.41, 5.74) is 5.40. The van der Waals surface area contributed by atoms with Crippen molar-refractivity contribution in [1.82, 2.24) is 10.2 Å². The van der Waals surface area contributed by atoms with Crippen molar-refractivity contribution in [3.8, 4) is 0 Å². The van der Waals surface area contributed by atoms with E-state index in [1.165, 1.54) is 23.1 Å². The number of rotatable bonds is 6. The minimum Gasteiger partial charge on any atom is -0.465 e. The largest absolute Gasteiger partial charge is 0.465 e. The molecule has 0 aliphatic heterocycles. The molecule has 100 valence electrons. The normalized spacial score (nSPS) is 11.9. The highest BCUT2D eigenvalue weighted by Crippen LogP contribution is 2.25. The van der Waals surface area contributed by atoms with Crippen LogP contribution in [0.1, 0.15) is 13.8 Å². The fourth-order valence-corrected chi connectivity index (χ4v) is 2.41. The lowest BCUT2D eigenvalue weighted by molar-refractivity contribution is -0.139. The van der Waals surface area contributed by atoms with E-state index in [0.29, 0.717) is 16.1 Å². The standard InChI is InChI=1S/C9H14N4O3S2/c1-3-16-6(14)4-17-9-13-12-8(18-9)11-7(15)5(2)10/h5H,3-4,10H2,1-2H3,(H,11,12,15)/t5-/m0/s1. The van der Waals surface area contributed by atoms with Crippen LogP contribution in [0.3, 0.4) is 0 Å². The fraction of sp³-hybridized carbons (Fsp3) is 0.556. The first-order valence-electron chi connectivity index (χ1n) is 5.21. The first kappa shape index (κ1) is 14.9. The number of carbonyl (C=O) groups excluding carboxylic acids is 2. The zero-order chi connectivity index (χ0) is 13.5. The highest BCUT2D eigenvalue weighted by Gasteiger charge is 2.12. The van der Waals surface area contributed by atoms with Gasteiger partial charge in [-0.15, -0.1) is 10.2 Å². The van der Waals surface area contributed by atoms with E-state index in [9.17, 15) is 9.59 Å². The number of hydrogen-bond donors (Lipinski definition) is 2. The van der Waals surface area contributed by atoms with E-state index in [1.54, 1.807) is 13.8 Å². The Morgan fingerprint density at radius 1 is 1.56 bits per heavy atom. The van der Waals surface area contributed by atoms with Crippen molar-refractivity contribution >= 4 is 40.1 Å². The number of nitrogens with two attached hydrogens (primary N) is 1. The summed E-state index contributed by atoms with van der Waals surface area (Å²) in [5.74, 6) is -0.462. The SMILES string of the molecule is CCOC(=O)CSc1nnc(NC(=O)[C@H](C)N)s1. The lowest BCUT2D eigenvalue weighted by Crippen LogP contribution is -2.32. The van der Waals surface area contributed by atoms with Crippen LogP contribution in [0.4, 0.5) is 5.13 Å². The summed E-state index contributed by atoms with van der Waals surface area (Å²) in [6.45, 7) is 3.67. The van der Waals surface area contributed by atoms with Crippen LogP contribution in [0, 0.1) is 0 Å². The smallest absolute Gasteiger partial charge is 0.316 e. The van der Waals surface area contributed by atoms with E-state index in [0.717, 1.165) is 0 Å². The summed E-state index contributed by atoms with van der Waals surface area (Å²) < 4.78 is 5.36. The second-order valence-electron chi connectivity index (χ2n) is 3.24. The molecule has 0 bridgehead atoms. The number of thioether (sulfide) groups is 1. The van der Waals surface area contributed by atoms with Gasteiger partial charge < -0.3 is 10.5 Å². The Kier molecular flexibility index (Phi) is 6.02. The van der Waals surface area contributed by atoms with Crippen LogP contribution in [0.15, 0.2) is 4.34 Å². The van der Waals surface area contributed by atoms with Crippen molar-refractivity contribution in [2.24, 2.45) is 5.73 Å². The third-order valence-electron chi connectivity index (χ3n) is 1.67. The molecule has 0 aliphatic carbocycles. The maximum atomic E-state index is 11.3. The van der Waals surface area contributed by atoms with Crippen LogP contribution in [-0.4, -0.2) is 40.5 Å². The minimum atomic E-state index is -0.607. The molecule has 0 aliphatic rings. The topological polar surface area (TPSA) is 107 Å². The number of amides is 1. The molecule has 0 radical (unpaired) electrons. The van der Waals surface area contributed by atoms with Crippen molar-refractivity contribution in [3.63, 3.8) is 0 Å². The Bertz CT molecular complexity index is 422. The molecule has 9 heteroatoms. The highest BCUT2D eigenvalue weighted by molar-refractivity contribution is 8.01. The Labute approximate surface area is 112 Å². The molecule has 0 saturated carbocycles.